The lowest BCUT2D eigenvalue weighted by Gasteiger charge is -2.31. The quantitative estimate of drug-likeness (QED) is 0.808. The maximum absolute atomic E-state index is 5.70. The highest BCUT2D eigenvalue weighted by molar-refractivity contribution is 5.39. The van der Waals surface area contributed by atoms with Crippen LogP contribution in [0.4, 0.5) is 5.69 Å². The van der Waals surface area contributed by atoms with E-state index in [0.717, 1.165) is 18.0 Å². The second-order valence-corrected chi connectivity index (χ2v) is 5.57. The second kappa shape index (κ2) is 6.79. The van der Waals surface area contributed by atoms with Gasteiger partial charge >= 0.3 is 0 Å². The molecular formula is C16H26N2. The van der Waals surface area contributed by atoms with E-state index in [1.165, 1.54) is 50.9 Å². The number of rotatable bonds is 5. The van der Waals surface area contributed by atoms with Gasteiger partial charge in [0, 0.05) is 12.2 Å². The van der Waals surface area contributed by atoms with E-state index in [9.17, 15) is 0 Å². The third-order valence-electron chi connectivity index (χ3n) is 4.10. The Hall–Kier alpha value is -1.02. The van der Waals surface area contributed by atoms with Crippen LogP contribution in [0.25, 0.3) is 0 Å². The predicted octanol–water partition coefficient (Wildman–Crippen LogP) is 3.32. The molecule has 0 radical (unpaired) electrons. The summed E-state index contributed by atoms with van der Waals surface area (Å²) < 4.78 is 0. The van der Waals surface area contributed by atoms with Crippen LogP contribution < -0.4 is 5.73 Å². The molecule has 1 aromatic carbocycles. The number of hydrogen-bond donors (Lipinski definition) is 1. The molecule has 0 bridgehead atoms. The molecule has 100 valence electrons. The normalized spacial score (nSPS) is 18.1. The molecule has 2 rings (SSSR count). The maximum atomic E-state index is 5.70. The second-order valence-electron chi connectivity index (χ2n) is 5.57. The van der Waals surface area contributed by atoms with Crippen molar-refractivity contribution in [2.24, 2.45) is 5.92 Å². The molecule has 2 heteroatoms. The smallest absolute Gasteiger partial charge is 0.0314 e. The molecule has 0 amide bonds. The minimum absolute atomic E-state index is 0.860. The van der Waals surface area contributed by atoms with Gasteiger partial charge in [0.25, 0.3) is 0 Å². The molecule has 1 aliphatic rings. The number of benzene rings is 1. The number of likely N-dealkylation sites (tertiary alicyclic amines) is 1. The first-order valence-electron chi connectivity index (χ1n) is 7.34. The van der Waals surface area contributed by atoms with Gasteiger partial charge in [0.15, 0.2) is 0 Å². The summed E-state index contributed by atoms with van der Waals surface area (Å²) in [7, 11) is 0. The Bertz CT molecular complexity index is 337. The average molecular weight is 246 g/mol. The van der Waals surface area contributed by atoms with Crippen LogP contribution in [0.5, 0.6) is 0 Å². The van der Waals surface area contributed by atoms with E-state index in [-0.39, 0.29) is 0 Å². The lowest BCUT2D eigenvalue weighted by Crippen LogP contribution is -2.35. The summed E-state index contributed by atoms with van der Waals surface area (Å²) >= 11 is 0. The van der Waals surface area contributed by atoms with E-state index in [1.54, 1.807) is 0 Å². The molecule has 18 heavy (non-hydrogen) atoms. The number of nitrogen functional groups attached to an aromatic ring is 1. The van der Waals surface area contributed by atoms with Gasteiger partial charge in [0.05, 0.1) is 0 Å². The number of piperidine rings is 1. The summed E-state index contributed by atoms with van der Waals surface area (Å²) in [5, 5.41) is 0. The maximum Gasteiger partial charge on any atom is 0.0314 e. The lowest BCUT2D eigenvalue weighted by molar-refractivity contribution is 0.180. The SMILES string of the molecule is CCCC1CCN(CCc2ccc(N)cc2)CC1. The first-order valence-corrected chi connectivity index (χ1v) is 7.34. The van der Waals surface area contributed by atoms with Crippen molar-refractivity contribution in [2.45, 2.75) is 39.0 Å². The van der Waals surface area contributed by atoms with Gasteiger partial charge in [-0.2, -0.15) is 0 Å². The van der Waals surface area contributed by atoms with Gasteiger partial charge in [0.1, 0.15) is 0 Å². The Kier molecular flexibility index (Phi) is 5.06. The van der Waals surface area contributed by atoms with Gasteiger partial charge in [-0.05, 0) is 56.0 Å². The van der Waals surface area contributed by atoms with Gasteiger partial charge in [-0.25, -0.2) is 0 Å². The van der Waals surface area contributed by atoms with E-state index in [1.807, 2.05) is 12.1 Å². The highest BCUT2D eigenvalue weighted by Gasteiger charge is 2.17. The monoisotopic (exact) mass is 246 g/mol. The van der Waals surface area contributed by atoms with Crippen LogP contribution in [-0.2, 0) is 6.42 Å². The van der Waals surface area contributed by atoms with Gasteiger partial charge in [-0.1, -0.05) is 31.9 Å². The first kappa shape index (κ1) is 13.4. The standard InChI is InChI=1S/C16H26N2/c1-2-3-14-8-11-18(12-9-14)13-10-15-4-6-16(17)7-5-15/h4-7,14H,2-3,8-13,17H2,1H3. The van der Waals surface area contributed by atoms with E-state index >= 15 is 0 Å². The molecule has 0 aliphatic carbocycles. The number of hydrogen-bond acceptors (Lipinski definition) is 2. The van der Waals surface area contributed by atoms with Crippen LogP contribution >= 0.6 is 0 Å². The van der Waals surface area contributed by atoms with E-state index in [0.29, 0.717) is 0 Å². The first-order chi connectivity index (χ1) is 8.78. The van der Waals surface area contributed by atoms with Crippen LogP contribution in [0.1, 0.15) is 38.2 Å². The highest BCUT2D eigenvalue weighted by atomic mass is 15.1. The van der Waals surface area contributed by atoms with Crippen molar-refractivity contribution < 1.29 is 0 Å². The van der Waals surface area contributed by atoms with Crippen molar-refractivity contribution in [3.8, 4) is 0 Å². The van der Waals surface area contributed by atoms with Crippen molar-refractivity contribution in [2.75, 3.05) is 25.4 Å². The Labute approximate surface area is 111 Å². The van der Waals surface area contributed by atoms with Gasteiger partial charge in [-0.15, -0.1) is 0 Å². The zero-order valence-corrected chi connectivity index (χ0v) is 11.6. The molecule has 0 aromatic heterocycles. The Morgan fingerprint density at radius 3 is 2.44 bits per heavy atom. The molecule has 0 saturated carbocycles. The molecule has 2 N–H and O–H groups in total. The number of nitrogens with zero attached hydrogens (tertiary/aromatic N) is 1. The Balaban J connectivity index is 1.70. The van der Waals surface area contributed by atoms with Crippen molar-refractivity contribution in [1.82, 2.24) is 4.90 Å². The van der Waals surface area contributed by atoms with Gasteiger partial charge in [0.2, 0.25) is 0 Å². The third-order valence-corrected chi connectivity index (χ3v) is 4.10. The fourth-order valence-corrected chi connectivity index (χ4v) is 2.88. The molecule has 0 spiro atoms. The highest BCUT2D eigenvalue weighted by Crippen LogP contribution is 2.21. The van der Waals surface area contributed by atoms with Crippen LogP contribution in [0.3, 0.4) is 0 Å². The zero-order valence-electron chi connectivity index (χ0n) is 11.6. The molecule has 0 unspecified atom stereocenters. The fraction of sp³-hybridized carbons (Fsp3) is 0.625. The lowest BCUT2D eigenvalue weighted by atomic mass is 9.92. The van der Waals surface area contributed by atoms with E-state index in [4.69, 9.17) is 5.73 Å². The summed E-state index contributed by atoms with van der Waals surface area (Å²) in [4.78, 5) is 2.61. The van der Waals surface area contributed by atoms with Crippen molar-refractivity contribution in [1.29, 1.82) is 0 Å². The topological polar surface area (TPSA) is 29.3 Å². The van der Waals surface area contributed by atoms with Gasteiger partial charge in [-0.3, -0.25) is 0 Å². The average Bonchev–Trinajstić information content (AvgIpc) is 2.40. The zero-order chi connectivity index (χ0) is 12.8. The van der Waals surface area contributed by atoms with E-state index in [2.05, 4.69) is 24.0 Å². The van der Waals surface area contributed by atoms with Crippen LogP contribution in [0.2, 0.25) is 0 Å². The molecule has 0 atom stereocenters. The largest absolute Gasteiger partial charge is 0.399 e. The molecule has 1 fully saturated rings. The molecule has 2 nitrogen and oxygen atoms in total. The van der Waals surface area contributed by atoms with Crippen LogP contribution in [0.15, 0.2) is 24.3 Å². The summed E-state index contributed by atoms with van der Waals surface area (Å²) in [5.41, 5.74) is 7.96. The fourth-order valence-electron chi connectivity index (χ4n) is 2.88. The molecular weight excluding hydrogens is 220 g/mol. The van der Waals surface area contributed by atoms with Crippen LogP contribution in [0, 0.1) is 5.92 Å². The number of nitrogens with two attached hydrogens (primary N) is 1. The van der Waals surface area contributed by atoms with Crippen molar-refractivity contribution >= 4 is 5.69 Å². The Morgan fingerprint density at radius 1 is 1.17 bits per heavy atom. The van der Waals surface area contributed by atoms with Gasteiger partial charge < -0.3 is 10.6 Å². The molecule has 1 saturated heterocycles. The minimum Gasteiger partial charge on any atom is -0.399 e. The third kappa shape index (κ3) is 4.02. The van der Waals surface area contributed by atoms with Crippen molar-refractivity contribution in [3.05, 3.63) is 29.8 Å². The molecule has 1 heterocycles. The van der Waals surface area contributed by atoms with Crippen molar-refractivity contribution in [3.63, 3.8) is 0 Å². The molecule has 1 aromatic rings. The predicted molar refractivity (Wildman–Crippen MR) is 78.6 cm³/mol. The summed E-state index contributed by atoms with van der Waals surface area (Å²) in [6.45, 7) is 6.08. The summed E-state index contributed by atoms with van der Waals surface area (Å²) in [5.74, 6) is 0.989. The molecule has 1 aliphatic heterocycles. The Morgan fingerprint density at radius 2 is 1.83 bits per heavy atom. The van der Waals surface area contributed by atoms with E-state index < -0.39 is 0 Å². The number of anilines is 1. The summed E-state index contributed by atoms with van der Waals surface area (Å²) in [6.07, 6.45) is 6.71. The van der Waals surface area contributed by atoms with Crippen LogP contribution in [-0.4, -0.2) is 24.5 Å². The minimum atomic E-state index is 0.860. The summed E-state index contributed by atoms with van der Waals surface area (Å²) in [6, 6.07) is 8.31.